The summed E-state index contributed by atoms with van der Waals surface area (Å²) in [6, 6.07) is 4.68. The molecule has 2 atom stereocenters. The molecule has 2 unspecified atom stereocenters. The van der Waals surface area contributed by atoms with Crippen molar-refractivity contribution in [3.05, 3.63) is 47.5 Å². The number of piperidine rings is 1. The number of hydrogen-bond donors (Lipinski definition) is 2. The highest BCUT2D eigenvalue weighted by atomic mass is 19.4. The van der Waals surface area contributed by atoms with Gasteiger partial charge in [-0.1, -0.05) is 19.1 Å². The van der Waals surface area contributed by atoms with E-state index in [0.717, 1.165) is 12.1 Å². The maximum atomic E-state index is 15.4. The van der Waals surface area contributed by atoms with E-state index >= 15 is 4.39 Å². The Morgan fingerprint density at radius 3 is 2.45 bits per heavy atom. The Hall–Kier alpha value is -3.15. The van der Waals surface area contributed by atoms with Crippen LogP contribution < -0.4 is 10.2 Å². The number of carbonyl (C=O) groups is 1. The number of rotatable bonds is 7. The van der Waals surface area contributed by atoms with Gasteiger partial charge in [-0.2, -0.15) is 17.6 Å². The highest BCUT2D eigenvalue weighted by Crippen LogP contribution is 2.31. The number of benzene rings is 1. The van der Waals surface area contributed by atoms with E-state index in [1.54, 1.807) is 37.5 Å². The third-order valence-corrected chi connectivity index (χ3v) is 6.55. The minimum Gasteiger partial charge on any atom is -0.444 e. The van der Waals surface area contributed by atoms with Crippen molar-refractivity contribution in [2.45, 2.75) is 65.0 Å². The van der Waals surface area contributed by atoms with Gasteiger partial charge < -0.3 is 25.0 Å². The van der Waals surface area contributed by atoms with Crippen LogP contribution in [0.2, 0.25) is 0 Å². The Kier molecular flexibility index (Phi) is 8.75. The number of anilines is 2. The molecule has 1 aliphatic rings. The molecule has 0 bridgehead atoms. The van der Waals surface area contributed by atoms with Crippen molar-refractivity contribution in [2.24, 2.45) is 5.92 Å². The molecule has 8 nitrogen and oxygen atoms in total. The van der Waals surface area contributed by atoms with Gasteiger partial charge in [0.25, 0.3) is 0 Å². The Morgan fingerprint density at radius 1 is 1.24 bits per heavy atom. The molecule has 210 valence electrons. The number of nitrogens with zero attached hydrogens (tertiary/aromatic N) is 4. The van der Waals surface area contributed by atoms with Gasteiger partial charge >= 0.3 is 12.3 Å². The molecule has 3 rings (SSSR count). The largest absolute Gasteiger partial charge is 0.444 e. The lowest BCUT2D eigenvalue weighted by Crippen LogP contribution is -2.56. The summed E-state index contributed by atoms with van der Waals surface area (Å²) < 4.78 is 59.4. The van der Waals surface area contributed by atoms with E-state index < -0.39 is 34.9 Å². The molecule has 1 aromatic carbocycles. The molecular weight excluding hydrogens is 506 g/mol. The quantitative estimate of drug-likeness (QED) is 0.473. The minimum absolute atomic E-state index is 0.00523. The number of hydrogen-bond acceptors (Lipinski definition) is 7. The average molecular weight is 542 g/mol. The van der Waals surface area contributed by atoms with Crippen molar-refractivity contribution in [3.63, 3.8) is 0 Å². The van der Waals surface area contributed by atoms with Crippen LogP contribution in [0.3, 0.4) is 0 Å². The zero-order valence-electron chi connectivity index (χ0n) is 22.3. The van der Waals surface area contributed by atoms with Crippen molar-refractivity contribution in [3.8, 4) is 0 Å². The molecular formula is C26H35F4N5O3. The summed E-state index contributed by atoms with van der Waals surface area (Å²) in [5.74, 6) is -1.17. The summed E-state index contributed by atoms with van der Waals surface area (Å²) in [4.78, 5) is 23.6. The van der Waals surface area contributed by atoms with Gasteiger partial charge in [0.2, 0.25) is 5.82 Å². The second-order valence-corrected chi connectivity index (χ2v) is 10.6. The lowest BCUT2D eigenvalue weighted by atomic mass is 9.82. The van der Waals surface area contributed by atoms with Crippen LogP contribution in [0, 0.1) is 11.7 Å². The van der Waals surface area contributed by atoms with Crippen molar-refractivity contribution in [1.29, 1.82) is 0 Å². The van der Waals surface area contributed by atoms with Gasteiger partial charge in [0.05, 0.1) is 11.2 Å². The van der Waals surface area contributed by atoms with E-state index in [-0.39, 0.29) is 50.2 Å². The zero-order chi connectivity index (χ0) is 28.3. The topological polar surface area (TPSA) is 90.8 Å². The number of halogens is 4. The summed E-state index contributed by atoms with van der Waals surface area (Å²) in [7, 11) is 0. The molecule has 0 aliphatic carbocycles. The number of nitrogens with one attached hydrogen (secondary N) is 1. The highest BCUT2D eigenvalue weighted by molar-refractivity contribution is 5.68. The zero-order valence-corrected chi connectivity index (χ0v) is 22.3. The molecule has 1 aliphatic heterocycles. The number of amides is 1. The van der Waals surface area contributed by atoms with Crippen molar-refractivity contribution in [1.82, 2.24) is 14.9 Å². The van der Waals surface area contributed by atoms with Gasteiger partial charge in [0.1, 0.15) is 11.9 Å². The van der Waals surface area contributed by atoms with Gasteiger partial charge in [-0.25, -0.2) is 14.8 Å². The first-order valence-corrected chi connectivity index (χ1v) is 12.5. The fourth-order valence-electron chi connectivity index (χ4n) is 4.22. The van der Waals surface area contributed by atoms with Crippen molar-refractivity contribution < 1.29 is 32.2 Å². The maximum Gasteiger partial charge on any atom is 0.416 e. The molecule has 2 heterocycles. The van der Waals surface area contributed by atoms with Gasteiger partial charge in [-0.3, -0.25) is 0 Å². The van der Waals surface area contributed by atoms with Crippen LogP contribution in [0.1, 0.15) is 52.2 Å². The molecule has 0 radical (unpaired) electrons. The van der Waals surface area contributed by atoms with Gasteiger partial charge in [0.15, 0.2) is 11.6 Å². The lowest BCUT2D eigenvalue weighted by molar-refractivity contribution is -0.137. The first-order valence-electron chi connectivity index (χ1n) is 12.5. The number of aromatic nitrogens is 2. The van der Waals surface area contributed by atoms with E-state index in [4.69, 9.17) is 4.74 Å². The van der Waals surface area contributed by atoms with Crippen molar-refractivity contribution >= 4 is 17.7 Å². The molecule has 38 heavy (non-hydrogen) atoms. The Labute approximate surface area is 220 Å². The first kappa shape index (κ1) is 29.4. The molecule has 0 saturated carbocycles. The first-order chi connectivity index (χ1) is 17.6. The van der Waals surface area contributed by atoms with E-state index in [2.05, 4.69) is 15.3 Å². The third-order valence-electron chi connectivity index (χ3n) is 6.55. The van der Waals surface area contributed by atoms with Crippen LogP contribution >= 0.6 is 0 Å². The number of ether oxygens (including phenoxy) is 1. The summed E-state index contributed by atoms with van der Waals surface area (Å²) in [6.45, 7) is 9.98. The second kappa shape index (κ2) is 11.3. The monoisotopic (exact) mass is 541 g/mol. The van der Waals surface area contributed by atoms with Crippen LogP contribution in [-0.4, -0.2) is 63.4 Å². The normalized spacial score (nSPS) is 20.3. The predicted molar refractivity (Wildman–Crippen MR) is 135 cm³/mol. The SMILES string of the molecule is CCN(Cc1ccc(C(F)(F)F)cc1)c1ncnc(NCC2(O)CCN(C(=O)OC(C)(C)C)CC2C)c1F. The van der Waals surface area contributed by atoms with Crippen LogP contribution in [0.25, 0.3) is 0 Å². The summed E-state index contributed by atoms with van der Waals surface area (Å²) >= 11 is 0. The predicted octanol–water partition coefficient (Wildman–Crippen LogP) is 5.08. The maximum absolute atomic E-state index is 15.4. The molecule has 2 aromatic rings. The van der Waals surface area contributed by atoms with Crippen LogP contribution in [0.15, 0.2) is 30.6 Å². The second-order valence-electron chi connectivity index (χ2n) is 10.6. The molecule has 1 fully saturated rings. The van der Waals surface area contributed by atoms with E-state index in [0.29, 0.717) is 12.1 Å². The molecule has 12 heteroatoms. The molecule has 1 amide bonds. The van der Waals surface area contributed by atoms with Crippen molar-refractivity contribution in [2.75, 3.05) is 36.4 Å². The fourth-order valence-corrected chi connectivity index (χ4v) is 4.22. The summed E-state index contributed by atoms with van der Waals surface area (Å²) in [5.41, 5.74) is -2.04. The number of carbonyl (C=O) groups excluding carboxylic acids is 1. The lowest BCUT2D eigenvalue weighted by Gasteiger charge is -2.43. The Morgan fingerprint density at radius 2 is 1.89 bits per heavy atom. The number of likely N-dealkylation sites (tertiary alicyclic amines) is 1. The number of alkyl halides is 3. The standard InChI is InChI=1S/C26H35F4N5O3/c1-6-34(14-18-7-9-19(10-8-18)26(28,29)30)22-20(27)21(32-16-33-22)31-15-25(37)11-12-35(13-17(25)2)23(36)38-24(3,4)5/h7-10,16-17,37H,6,11-15H2,1-5H3,(H,31,32,33). The average Bonchev–Trinajstić information content (AvgIpc) is 2.82. The Balaban J connectivity index is 1.67. The summed E-state index contributed by atoms with van der Waals surface area (Å²) in [6.07, 6.45) is -3.43. The third kappa shape index (κ3) is 7.24. The van der Waals surface area contributed by atoms with E-state index in [1.165, 1.54) is 18.5 Å². The van der Waals surface area contributed by atoms with Gasteiger partial charge in [-0.15, -0.1) is 0 Å². The van der Waals surface area contributed by atoms with Gasteiger partial charge in [-0.05, 0) is 51.8 Å². The van der Waals surface area contributed by atoms with E-state index in [9.17, 15) is 23.1 Å². The fraction of sp³-hybridized carbons (Fsp3) is 0.577. The van der Waals surface area contributed by atoms with Crippen LogP contribution in [0.4, 0.5) is 34.0 Å². The molecule has 1 saturated heterocycles. The molecule has 0 spiro atoms. The van der Waals surface area contributed by atoms with Gasteiger partial charge in [0, 0.05) is 38.6 Å². The molecule has 2 N–H and O–H groups in total. The summed E-state index contributed by atoms with van der Waals surface area (Å²) in [5, 5.41) is 14.1. The van der Waals surface area contributed by atoms with Crippen LogP contribution in [-0.2, 0) is 17.5 Å². The smallest absolute Gasteiger partial charge is 0.416 e. The molecule has 1 aromatic heterocycles. The van der Waals surface area contributed by atoms with E-state index in [1.807, 2.05) is 6.92 Å². The van der Waals surface area contributed by atoms with Crippen LogP contribution in [0.5, 0.6) is 0 Å². The number of aliphatic hydroxyl groups is 1. The Bertz CT molecular complexity index is 1110. The highest BCUT2D eigenvalue weighted by Gasteiger charge is 2.41. The minimum atomic E-state index is -4.43.